The number of rotatable bonds is 14. The van der Waals surface area contributed by atoms with Crippen molar-refractivity contribution in [2.75, 3.05) is 19.8 Å². The summed E-state index contributed by atoms with van der Waals surface area (Å²) in [4.78, 5) is 5.20. The van der Waals surface area contributed by atoms with E-state index in [0.717, 1.165) is 66.9 Å². The molecule has 158 valence electrons. The van der Waals surface area contributed by atoms with Crippen LogP contribution in [0.25, 0.3) is 0 Å². The maximum absolute atomic E-state index is 12.7. The molecule has 4 nitrogen and oxygen atoms in total. The van der Waals surface area contributed by atoms with Gasteiger partial charge in [0.2, 0.25) is 0 Å². The maximum Gasteiger partial charge on any atom is 0.165 e. The highest BCUT2D eigenvalue weighted by atomic mass is 79.9. The van der Waals surface area contributed by atoms with Gasteiger partial charge in [0, 0.05) is 0 Å². The Bertz CT molecular complexity index is 614. The van der Waals surface area contributed by atoms with Gasteiger partial charge in [-0.25, -0.2) is 0 Å². The van der Waals surface area contributed by atoms with E-state index in [1.54, 1.807) is 0 Å². The first-order valence-electron chi connectivity index (χ1n) is 10.0. The molecule has 0 heterocycles. The van der Waals surface area contributed by atoms with Gasteiger partial charge in [-0.15, -0.1) is 0 Å². The summed E-state index contributed by atoms with van der Waals surface area (Å²) >= 11 is 2.76. The van der Waals surface area contributed by atoms with E-state index in [1.165, 1.54) is 6.08 Å². The summed E-state index contributed by atoms with van der Waals surface area (Å²) in [5, 5.41) is 3.93. The Kier molecular flexibility index (Phi) is 12.6. The summed E-state index contributed by atoms with van der Waals surface area (Å²) in [6.07, 6.45) is 7.29. The Morgan fingerprint density at radius 1 is 1.00 bits per heavy atom. The molecular weight excluding hydrogens is 425 g/mol. The van der Waals surface area contributed by atoms with E-state index in [4.69, 9.17) is 14.3 Å². The minimum Gasteiger partial charge on any atom is -0.493 e. The molecule has 6 heteroatoms. The van der Waals surface area contributed by atoms with Gasteiger partial charge in [0.15, 0.2) is 4.74 Å². The lowest BCUT2D eigenvalue weighted by molar-refractivity contribution is 0.139. The molecule has 28 heavy (non-hydrogen) atoms. The van der Waals surface area contributed by atoms with Gasteiger partial charge in [-0.2, -0.15) is 4.39 Å². The molecular formula is C22H33BrFNO3. The summed E-state index contributed by atoms with van der Waals surface area (Å²) in [6.45, 7) is 9.60. The van der Waals surface area contributed by atoms with Gasteiger partial charge >= 0.3 is 0 Å². The van der Waals surface area contributed by atoms with E-state index in [0.29, 0.717) is 13.2 Å². The van der Waals surface area contributed by atoms with Crippen LogP contribution in [0.3, 0.4) is 0 Å². The predicted molar refractivity (Wildman–Crippen MR) is 118 cm³/mol. The molecule has 0 saturated heterocycles. The van der Waals surface area contributed by atoms with E-state index in [1.807, 2.05) is 26.0 Å². The molecule has 0 saturated carbocycles. The first-order chi connectivity index (χ1) is 13.5. The second kappa shape index (κ2) is 14.4. The molecule has 0 radical (unpaired) electrons. The van der Waals surface area contributed by atoms with Crippen molar-refractivity contribution < 1.29 is 18.7 Å². The van der Waals surface area contributed by atoms with Crippen LogP contribution in [-0.4, -0.2) is 25.5 Å². The largest absolute Gasteiger partial charge is 0.493 e. The second-order valence-corrected chi connectivity index (χ2v) is 7.47. The molecule has 1 rings (SSSR count). The van der Waals surface area contributed by atoms with Crippen LogP contribution in [0.4, 0.5) is 4.39 Å². The lowest BCUT2D eigenvalue weighted by Gasteiger charge is -2.17. The SMILES string of the molecule is CCc1cc(OC/C=C(\F)Br)cc(CC)c1OCCCCCCON=C(C)C. The van der Waals surface area contributed by atoms with Crippen molar-refractivity contribution in [2.45, 2.75) is 66.2 Å². The normalized spacial score (nSPS) is 11.3. The fourth-order valence-corrected chi connectivity index (χ4v) is 2.82. The second-order valence-electron chi connectivity index (χ2n) is 6.72. The molecule has 0 atom stereocenters. The molecule has 0 N–H and O–H groups in total. The van der Waals surface area contributed by atoms with Crippen LogP contribution in [0, 0.1) is 0 Å². The fourth-order valence-electron chi connectivity index (χ4n) is 2.69. The van der Waals surface area contributed by atoms with Gasteiger partial charge in [0.25, 0.3) is 0 Å². The highest BCUT2D eigenvalue weighted by Crippen LogP contribution is 2.31. The monoisotopic (exact) mass is 457 g/mol. The van der Waals surface area contributed by atoms with Gasteiger partial charge in [0.05, 0.1) is 12.3 Å². The first-order valence-corrected chi connectivity index (χ1v) is 10.8. The third kappa shape index (κ3) is 10.1. The summed E-state index contributed by atoms with van der Waals surface area (Å²) in [7, 11) is 0. The van der Waals surface area contributed by atoms with Crippen molar-refractivity contribution in [1.29, 1.82) is 0 Å². The molecule has 1 aromatic rings. The lowest BCUT2D eigenvalue weighted by Crippen LogP contribution is -2.05. The smallest absolute Gasteiger partial charge is 0.165 e. The Labute approximate surface area is 177 Å². The summed E-state index contributed by atoms with van der Waals surface area (Å²) < 4.78 is 24.1. The van der Waals surface area contributed by atoms with Crippen molar-refractivity contribution >= 4 is 21.6 Å². The van der Waals surface area contributed by atoms with Crippen LogP contribution in [0.5, 0.6) is 11.5 Å². The average Bonchev–Trinajstić information content (AvgIpc) is 2.66. The van der Waals surface area contributed by atoms with Crippen LogP contribution in [0.1, 0.15) is 64.5 Å². The Morgan fingerprint density at radius 3 is 2.14 bits per heavy atom. The topological polar surface area (TPSA) is 40.0 Å². The molecule has 0 unspecified atom stereocenters. The quantitative estimate of drug-likeness (QED) is 0.176. The van der Waals surface area contributed by atoms with Crippen LogP contribution >= 0.6 is 15.9 Å². The van der Waals surface area contributed by atoms with Gasteiger partial charge < -0.3 is 14.3 Å². The van der Waals surface area contributed by atoms with Crippen molar-refractivity contribution in [3.8, 4) is 11.5 Å². The van der Waals surface area contributed by atoms with Crippen molar-refractivity contribution in [2.24, 2.45) is 5.16 Å². The maximum atomic E-state index is 12.7. The third-order valence-electron chi connectivity index (χ3n) is 4.09. The minimum atomic E-state index is -0.418. The molecule has 1 aromatic carbocycles. The Balaban J connectivity index is 2.48. The molecule has 0 fully saturated rings. The van der Waals surface area contributed by atoms with E-state index in [-0.39, 0.29) is 6.61 Å². The van der Waals surface area contributed by atoms with Gasteiger partial charge in [-0.1, -0.05) is 19.0 Å². The number of nitrogens with zero attached hydrogens (tertiary/aromatic N) is 1. The van der Waals surface area contributed by atoms with Crippen molar-refractivity contribution in [3.63, 3.8) is 0 Å². The first kappa shape index (κ1) is 24.5. The highest BCUT2D eigenvalue weighted by molar-refractivity contribution is 9.11. The number of unbranched alkanes of at least 4 members (excludes halogenated alkanes) is 3. The summed E-state index contributed by atoms with van der Waals surface area (Å²) in [5.41, 5.74) is 3.19. The lowest BCUT2D eigenvalue weighted by atomic mass is 10.0. The number of ether oxygens (including phenoxy) is 2. The number of oxime groups is 1. The predicted octanol–water partition coefficient (Wildman–Crippen LogP) is 6.75. The van der Waals surface area contributed by atoms with Gasteiger partial charge in [0.1, 0.15) is 24.7 Å². The number of aryl methyl sites for hydroxylation is 2. The standard InChI is InChI=1S/C22H33BrFNO3/c1-5-18-15-20(26-14-11-21(23)24)16-19(6-2)22(18)27-12-9-7-8-10-13-28-25-17(3)4/h11,15-16H,5-10,12-14H2,1-4H3/b21-11-. The summed E-state index contributed by atoms with van der Waals surface area (Å²) in [6, 6.07) is 3.98. The minimum absolute atomic E-state index is 0.191. The molecule has 0 amide bonds. The van der Waals surface area contributed by atoms with E-state index < -0.39 is 4.74 Å². The molecule has 0 aromatic heterocycles. The van der Waals surface area contributed by atoms with Crippen LogP contribution < -0.4 is 9.47 Å². The Morgan fingerprint density at radius 2 is 1.61 bits per heavy atom. The van der Waals surface area contributed by atoms with E-state index in [9.17, 15) is 4.39 Å². The number of benzene rings is 1. The van der Waals surface area contributed by atoms with E-state index >= 15 is 0 Å². The van der Waals surface area contributed by atoms with Crippen LogP contribution in [0.2, 0.25) is 0 Å². The molecule has 0 spiro atoms. The third-order valence-corrected chi connectivity index (χ3v) is 4.41. The fraction of sp³-hybridized carbons (Fsp3) is 0.591. The average molecular weight is 458 g/mol. The zero-order chi connectivity index (χ0) is 20.8. The van der Waals surface area contributed by atoms with Gasteiger partial charge in [-0.3, -0.25) is 0 Å². The zero-order valence-corrected chi connectivity index (χ0v) is 19.1. The van der Waals surface area contributed by atoms with Crippen molar-refractivity contribution in [1.82, 2.24) is 0 Å². The van der Waals surface area contributed by atoms with Gasteiger partial charge in [-0.05, 0) is 97.6 Å². The zero-order valence-electron chi connectivity index (χ0n) is 17.5. The summed E-state index contributed by atoms with van der Waals surface area (Å²) in [5.74, 6) is 1.71. The molecule has 0 aliphatic rings. The Hall–Kier alpha value is -1.56. The number of halogens is 2. The highest BCUT2D eigenvalue weighted by Gasteiger charge is 2.11. The molecule has 0 aliphatic carbocycles. The van der Waals surface area contributed by atoms with Crippen LogP contribution in [-0.2, 0) is 17.7 Å². The molecule has 0 bridgehead atoms. The van der Waals surface area contributed by atoms with Crippen LogP contribution in [0.15, 0.2) is 28.1 Å². The van der Waals surface area contributed by atoms with Crippen molar-refractivity contribution in [3.05, 3.63) is 34.1 Å². The van der Waals surface area contributed by atoms with E-state index in [2.05, 4.69) is 34.9 Å². The number of hydrogen-bond donors (Lipinski definition) is 0. The molecule has 0 aliphatic heterocycles. The number of hydrogen-bond acceptors (Lipinski definition) is 4.